The van der Waals surface area contributed by atoms with Crippen LogP contribution in [0.3, 0.4) is 0 Å². The Morgan fingerprint density at radius 3 is 2.69 bits per heavy atom. The van der Waals surface area contributed by atoms with Crippen LogP contribution in [0.15, 0.2) is 46.8 Å². The molecule has 1 amide bonds. The summed E-state index contributed by atoms with van der Waals surface area (Å²) in [6.07, 6.45) is 0. The van der Waals surface area contributed by atoms with Gasteiger partial charge in [-0.1, -0.05) is 52.9 Å². The molecular weight excluding hydrogens is 450 g/mol. The largest absolute Gasteiger partial charge is 0.378 e. The molecule has 1 aliphatic heterocycles. The van der Waals surface area contributed by atoms with Gasteiger partial charge in [-0.15, -0.1) is 10.2 Å². The summed E-state index contributed by atoms with van der Waals surface area (Å²) in [5, 5.41) is 22.5. The minimum Gasteiger partial charge on any atom is -0.378 e. The Hall–Kier alpha value is -3.02. The average molecular weight is 472 g/mol. The molecule has 3 aromatic rings. The fourth-order valence-electron chi connectivity index (χ4n) is 3.21. The molecule has 0 atom stereocenters. The molecule has 4 rings (SSSR count). The second-order valence-corrected chi connectivity index (χ2v) is 9.36. The second kappa shape index (κ2) is 10.1. The number of morpholine rings is 1. The van der Waals surface area contributed by atoms with Crippen molar-refractivity contribution in [3.63, 3.8) is 0 Å². The Kier molecular flexibility index (Phi) is 6.98. The van der Waals surface area contributed by atoms with Gasteiger partial charge in [0.1, 0.15) is 0 Å². The van der Waals surface area contributed by atoms with Crippen LogP contribution >= 0.6 is 23.1 Å². The van der Waals surface area contributed by atoms with Gasteiger partial charge in [0.25, 0.3) is 11.6 Å². The minimum absolute atomic E-state index is 0.140. The molecule has 9 nitrogen and oxygen atoms in total. The van der Waals surface area contributed by atoms with Gasteiger partial charge in [-0.2, -0.15) is 0 Å². The number of hydrogen-bond donors (Lipinski definition) is 1. The molecule has 0 aliphatic carbocycles. The highest BCUT2D eigenvalue weighted by atomic mass is 32.2. The Bertz CT molecular complexity index is 1110. The predicted octanol–water partition coefficient (Wildman–Crippen LogP) is 4.14. The summed E-state index contributed by atoms with van der Waals surface area (Å²) in [5.74, 6) is 0.288. The van der Waals surface area contributed by atoms with E-state index in [1.54, 1.807) is 6.07 Å². The van der Waals surface area contributed by atoms with Crippen molar-refractivity contribution in [1.29, 1.82) is 0 Å². The first-order valence-corrected chi connectivity index (χ1v) is 11.7. The van der Waals surface area contributed by atoms with Gasteiger partial charge < -0.3 is 9.64 Å². The van der Waals surface area contributed by atoms with E-state index in [0.717, 1.165) is 10.1 Å². The van der Waals surface area contributed by atoms with E-state index in [1.165, 1.54) is 46.4 Å². The molecule has 0 bridgehead atoms. The first-order chi connectivity index (χ1) is 15.5. The Balaban J connectivity index is 1.47. The minimum atomic E-state index is -0.509. The molecule has 11 heteroatoms. The molecule has 0 saturated carbocycles. The number of thioether (sulfide) groups is 1. The highest BCUT2D eigenvalue weighted by molar-refractivity contribution is 8.00. The van der Waals surface area contributed by atoms with E-state index in [0.29, 0.717) is 37.1 Å². The average Bonchev–Trinajstić information content (AvgIpc) is 3.26. The molecule has 1 aliphatic rings. The number of aromatic nitrogens is 2. The van der Waals surface area contributed by atoms with Crippen LogP contribution in [0.4, 0.5) is 16.5 Å². The molecule has 0 radical (unpaired) electrons. The van der Waals surface area contributed by atoms with Crippen LogP contribution in [-0.2, 0) is 10.5 Å². The van der Waals surface area contributed by atoms with Crippen molar-refractivity contribution in [2.45, 2.75) is 17.0 Å². The molecule has 0 spiro atoms. The maximum Gasteiger partial charge on any atom is 0.270 e. The SMILES string of the molecule is Cc1ccc(CSc2nnc(NC(=O)c3cc([N+](=O)[O-])ccc3N3CCOCC3)s2)cc1. The molecular formula is C21H21N5O4S2. The van der Waals surface area contributed by atoms with Crippen molar-refractivity contribution in [1.82, 2.24) is 10.2 Å². The fourth-order valence-corrected chi connectivity index (χ4v) is 4.91. The third-order valence-corrected chi connectivity index (χ3v) is 6.94. The van der Waals surface area contributed by atoms with Gasteiger partial charge >= 0.3 is 0 Å². The van der Waals surface area contributed by atoms with Gasteiger partial charge in [-0.05, 0) is 18.6 Å². The smallest absolute Gasteiger partial charge is 0.270 e. The number of benzene rings is 2. The highest BCUT2D eigenvalue weighted by Crippen LogP contribution is 2.30. The number of rotatable bonds is 7. The zero-order valence-electron chi connectivity index (χ0n) is 17.3. The Morgan fingerprint density at radius 1 is 1.22 bits per heavy atom. The van der Waals surface area contributed by atoms with E-state index < -0.39 is 10.8 Å². The first kappa shape index (κ1) is 22.2. The lowest BCUT2D eigenvalue weighted by molar-refractivity contribution is -0.384. The third kappa shape index (κ3) is 5.42. The summed E-state index contributed by atoms with van der Waals surface area (Å²) in [7, 11) is 0. The summed E-state index contributed by atoms with van der Waals surface area (Å²) in [4.78, 5) is 25.7. The number of anilines is 2. The van der Waals surface area contributed by atoms with E-state index in [-0.39, 0.29) is 11.3 Å². The molecule has 1 fully saturated rings. The lowest BCUT2D eigenvalue weighted by Crippen LogP contribution is -2.37. The van der Waals surface area contributed by atoms with Crippen LogP contribution in [0.25, 0.3) is 0 Å². The predicted molar refractivity (Wildman–Crippen MR) is 125 cm³/mol. The molecule has 2 heterocycles. The van der Waals surface area contributed by atoms with Crippen molar-refractivity contribution in [2.75, 3.05) is 36.5 Å². The van der Waals surface area contributed by atoms with Crippen LogP contribution in [0.1, 0.15) is 21.5 Å². The monoisotopic (exact) mass is 471 g/mol. The molecule has 1 aromatic heterocycles. The van der Waals surface area contributed by atoms with E-state index >= 15 is 0 Å². The van der Waals surface area contributed by atoms with Gasteiger partial charge in [0.05, 0.1) is 29.4 Å². The maximum absolute atomic E-state index is 13.0. The normalized spacial score (nSPS) is 13.7. The van der Waals surface area contributed by atoms with Crippen LogP contribution in [0.5, 0.6) is 0 Å². The van der Waals surface area contributed by atoms with Gasteiger partial charge in [0.15, 0.2) is 4.34 Å². The second-order valence-electron chi connectivity index (χ2n) is 7.16. The quantitative estimate of drug-likeness (QED) is 0.237. The van der Waals surface area contributed by atoms with Gasteiger partial charge in [-0.3, -0.25) is 20.2 Å². The number of hydrogen-bond acceptors (Lipinski definition) is 9. The summed E-state index contributed by atoms with van der Waals surface area (Å²) in [6.45, 7) is 4.34. The third-order valence-electron chi connectivity index (χ3n) is 4.90. The van der Waals surface area contributed by atoms with Gasteiger partial charge in [0, 0.05) is 31.0 Å². The zero-order valence-corrected chi connectivity index (χ0v) is 18.9. The summed E-state index contributed by atoms with van der Waals surface area (Å²) < 4.78 is 6.10. The Labute approximate surface area is 193 Å². The number of carbonyl (C=O) groups is 1. The number of non-ortho nitro benzene ring substituents is 1. The highest BCUT2D eigenvalue weighted by Gasteiger charge is 2.23. The van der Waals surface area contributed by atoms with Gasteiger partial charge in [0.2, 0.25) is 5.13 Å². The van der Waals surface area contributed by atoms with Gasteiger partial charge in [-0.25, -0.2) is 0 Å². The lowest BCUT2D eigenvalue weighted by Gasteiger charge is -2.30. The molecule has 1 saturated heterocycles. The van der Waals surface area contributed by atoms with Crippen LogP contribution < -0.4 is 10.2 Å². The number of ether oxygens (including phenoxy) is 1. The number of nitrogens with one attached hydrogen (secondary N) is 1. The topological polar surface area (TPSA) is 110 Å². The summed E-state index contributed by atoms with van der Waals surface area (Å²) in [5.41, 5.74) is 3.10. The molecule has 2 aromatic carbocycles. The number of nitro benzene ring substituents is 1. The van der Waals surface area contributed by atoms with E-state index in [9.17, 15) is 14.9 Å². The summed E-state index contributed by atoms with van der Waals surface area (Å²) >= 11 is 2.81. The van der Waals surface area contributed by atoms with Crippen molar-refractivity contribution in [2.24, 2.45) is 0 Å². The van der Waals surface area contributed by atoms with E-state index in [4.69, 9.17) is 4.74 Å². The van der Waals surface area contributed by atoms with Crippen molar-refractivity contribution < 1.29 is 14.5 Å². The fraction of sp³-hybridized carbons (Fsp3) is 0.286. The number of aryl methyl sites for hydroxylation is 1. The van der Waals surface area contributed by atoms with Crippen molar-refractivity contribution in [3.05, 3.63) is 69.3 Å². The molecule has 0 unspecified atom stereocenters. The van der Waals surface area contributed by atoms with E-state index in [2.05, 4.69) is 39.8 Å². The first-order valence-electron chi connectivity index (χ1n) is 9.94. The van der Waals surface area contributed by atoms with Crippen LogP contribution in [0, 0.1) is 17.0 Å². The number of amides is 1. The lowest BCUT2D eigenvalue weighted by atomic mass is 10.1. The number of nitrogens with zero attached hydrogens (tertiary/aromatic N) is 4. The molecule has 1 N–H and O–H groups in total. The van der Waals surface area contributed by atoms with Crippen LogP contribution in [0.2, 0.25) is 0 Å². The van der Waals surface area contributed by atoms with Crippen molar-refractivity contribution >= 4 is 45.5 Å². The number of carbonyl (C=O) groups excluding carboxylic acids is 1. The van der Waals surface area contributed by atoms with Crippen molar-refractivity contribution in [3.8, 4) is 0 Å². The summed E-state index contributed by atoms with van der Waals surface area (Å²) in [6, 6.07) is 12.6. The van der Waals surface area contributed by atoms with E-state index in [1.807, 2.05) is 11.8 Å². The zero-order chi connectivity index (χ0) is 22.5. The number of nitro groups is 1. The maximum atomic E-state index is 13.0. The van der Waals surface area contributed by atoms with Crippen LogP contribution in [-0.4, -0.2) is 47.3 Å². The standard InChI is InChI=1S/C21H21N5O4S2/c1-14-2-4-15(5-3-14)13-31-21-24-23-20(32-21)22-19(27)17-12-16(26(28)29)6-7-18(17)25-8-10-30-11-9-25/h2-7,12H,8-11,13H2,1H3,(H,22,23,27). The molecule has 166 valence electrons. The molecule has 32 heavy (non-hydrogen) atoms. The Morgan fingerprint density at radius 2 is 1.97 bits per heavy atom.